The lowest BCUT2D eigenvalue weighted by atomic mass is 9.84. The molecule has 0 aliphatic carbocycles. The summed E-state index contributed by atoms with van der Waals surface area (Å²) >= 11 is 3.62. The van der Waals surface area contributed by atoms with Crippen LogP contribution >= 0.6 is 15.9 Å². The van der Waals surface area contributed by atoms with Gasteiger partial charge in [0.25, 0.3) is 0 Å². The summed E-state index contributed by atoms with van der Waals surface area (Å²) in [5.41, 5.74) is 1.89. The SMILES string of the molecule is CC1(C)CCCN(Cc2ccccc2Br)C1. The van der Waals surface area contributed by atoms with Gasteiger partial charge >= 0.3 is 0 Å². The van der Waals surface area contributed by atoms with Gasteiger partial charge in [-0.3, -0.25) is 4.90 Å². The lowest BCUT2D eigenvalue weighted by Gasteiger charge is -2.38. The largest absolute Gasteiger partial charge is 0.299 e. The van der Waals surface area contributed by atoms with E-state index in [4.69, 9.17) is 0 Å². The van der Waals surface area contributed by atoms with Crippen molar-refractivity contribution in [3.8, 4) is 0 Å². The van der Waals surface area contributed by atoms with Crippen LogP contribution in [0.15, 0.2) is 28.7 Å². The molecule has 16 heavy (non-hydrogen) atoms. The Morgan fingerprint density at radius 1 is 1.31 bits per heavy atom. The summed E-state index contributed by atoms with van der Waals surface area (Å²) < 4.78 is 1.23. The predicted octanol–water partition coefficient (Wildman–Crippen LogP) is 4.07. The van der Waals surface area contributed by atoms with Gasteiger partial charge in [-0.15, -0.1) is 0 Å². The molecule has 2 rings (SSSR count). The number of benzene rings is 1. The van der Waals surface area contributed by atoms with Crippen LogP contribution in [-0.2, 0) is 6.54 Å². The van der Waals surface area contributed by atoms with Crippen LogP contribution in [0.25, 0.3) is 0 Å². The van der Waals surface area contributed by atoms with E-state index in [-0.39, 0.29) is 0 Å². The Bertz CT molecular complexity index is 360. The van der Waals surface area contributed by atoms with Gasteiger partial charge < -0.3 is 0 Å². The minimum absolute atomic E-state index is 0.486. The summed E-state index contributed by atoms with van der Waals surface area (Å²) in [7, 11) is 0. The molecule has 0 saturated carbocycles. The highest BCUT2D eigenvalue weighted by molar-refractivity contribution is 9.10. The summed E-state index contributed by atoms with van der Waals surface area (Å²) in [6, 6.07) is 8.54. The van der Waals surface area contributed by atoms with Gasteiger partial charge in [0.05, 0.1) is 0 Å². The van der Waals surface area contributed by atoms with Crippen LogP contribution in [0.5, 0.6) is 0 Å². The van der Waals surface area contributed by atoms with Crippen molar-refractivity contribution in [3.63, 3.8) is 0 Å². The molecule has 0 spiro atoms. The van der Waals surface area contributed by atoms with Gasteiger partial charge in [0.15, 0.2) is 0 Å². The summed E-state index contributed by atoms with van der Waals surface area (Å²) in [6.45, 7) is 8.28. The second-order valence-corrected chi connectivity index (χ2v) is 6.42. The van der Waals surface area contributed by atoms with Crippen molar-refractivity contribution >= 4 is 15.9 Å². The van der Waals surface area contributed by atoms with E-state index in [1.54, 1.807) is 0 Å². The fraction of sp³-hybridized carbons (Fsp3) is 0.571. The maximum absolute atomic E-state index is 3.62. The van der Waals surface area contributed by atoms with Gasteiger partial charge in [-0.1, -0.05) is 48.0 Å². The molecular weight excluding hydrogens is 262 g/mol. The molecule has 88 valence electrons. The average molecular weight is 282 g/mol. The first-order valence-electron chi connectivity index (χ1n) is 6.03. The second kappa shape index (κ2) is 4.89. The van der Waals surface area contributed by atoms with Gasteiger partial charge in [0.2, 0.25) is 0 Å². The summed E-state index contributed by atoms with van der Waals surface area (Å²) in [4.78, 5) is 2.57. The molecule has 1 saturated heterocycles. The Balaban J connectivity index is 2.02. The molecule has 0 radical (unpaired) electrons. The molecule has 1 aromatic carbocycles. The zero-order valence-corrected chi connectivity index (χ0v) is 11.8. The normalized spacial score (nSPS) is 20.9. The number of piperidine rings is 1. The van der Waals surface area contributed by atoms with E-state index >= 15 is 0 Å². The predicted molar refractivity (Wildman–Crippen MR) is 72.4 cm³/mol. The molecule has 1 nitrogen and oxygen atoms in total. The summed E-state index contributed by atoms with van der Waals surface area (Å²) in [5.74, 6) is 0. The molecule has 1 fully saturated rings. The Morgan fingerprint density at radius 2 is 2.06 bits per heavy atom. The standard InChI is InChI=1S/C14H20BrN/c1-14(2)8-5-9-16(11-14)10-12-6-3-4-7-13(12)15/h3-4,6-7H,5,8-11H2,1-2H3. The first-order chi connectivity index (χ1) is 7.57. The van der Waals surface area contributed by atoms with Crippen molar-refractivity contribution < 1.29 is 0 Å². The average Bonchev–Trinajstić information content (AvgIpc) is 2.20. The van der Waals surface area contributed by atoms with Crippen LogP contribution in [0.3, 0.4) is 0 Å². The number of hydrogen-bond acceptors (Lipinski definition) is 1. The topological polar surface area (TPSA) is 3.24 Å². The van der Waals surface area contributed by atoms with Crippen LogP contribution in [0.4, 0.5) is 0 Å². The van der Waals surface area contributed by atoms with E-state index < -0.39 is 0 Å². The van der Waals surface area contributed by atoms with E-state index in [9.17, 15) is 0 Å². The number of halogens is 1. The van der Waals surface area contributed by atoms with E-state index in [0.29, 0.717) is 5.41 Å². The van der Waals surface area contributed by atoms with Crippen molar-refractivity contribution in [2.75, 3.05) is 13.1 Å². The molecule has 1 aliphatic heterocycles. The molecule has 0 N–H and O–H groups in total. The Hall–Kier alpha value is -0.340. The molecule has 1 heterocycles. The molecular formula is C14H20BrN. The number of nitrogens with zero attached hydrogens (tertiary/aromatic N) is 1. The number of hydrogen-bond donors (Lipinski definition) is 0. The minimum Gasteiger partial charge on any atom is -0.299 e. The van der Waals surface area contributed by atoms with Gasteiger partial charge in [0, 0.05) is 17.6 Å². The fourth-order valence-electron chi connectivity index (χ4n) is 2.55. The van der Waals surface area contributed by atoms with Gasteiger partial charge in [-0.2, -0.15) is 0 Å². The van der Waals surface area contributed by atoms with Crippen LogP contribution in [-0.4, -0.2) is 18.0 Å². The molecule has 2 heteroatoms. The molecule has 1 aliphatic rings. The summed E-state index contributed by atoms with van der Waals surface area (Å²) in [6.07, 6.45) is 2.69. The number of rotatable bonds is 2. The first kappa shape index (κ1) is 12.1. The zero-order chi connectivity index (χ0) is 11.6. The third kappa shape index (κ3) is 3.08. The third-order valence-electron chi connectivity index (χ3n) is 3.33. The molecule has 0 bridgehead atoms. The van der Waals surface area contributed by atoms with Crippen molar-refractivity contribution in [2.24, 2.45) is 5.41 Å². The van der Waals surface area contributed by atoms with Crippen molar-refractivity contribution in [1.29, 1.82) is 0 Å². The quantitative estimate of drug-likeness (QED) is 0.790. The highest BCUT2D eigenvalue weighted by atomic mass is 79.9. The van der Waals surface area contributed by atoms with Gasteiger partial charge in [-0.05, 0) is 36.4 Å². The maximum atomic E-state index is 3.62. The zero-order valence-electron chi connectivity index (χ0n) is 10.2. The lowest BCUT2D eigenvalue weighted by Crippen LogP contribution is -2.39. The Labute approximate surface area is 107 Å². The lowest BCUT2D eigenvalue weighted by molar-refractivity contribution is 0.111. The third-order valence-corrected chi connectivity index (χ3v) is 4.10. The fourth-order valence-corrected chi connectivity index (χ4v) is 2.96. The van der Waals surface area contributed by atoms with Gasteiger partial charge in [0.1, 0.15) is 0 Å². The summed E-state index contributed by atoms with van der Waals surface area (Å²) in [5, 5.41) is 0. The highest BCUT2D eigenvalue weighted by Gasteiger charge is 2.26. The second-order valence-electron chi connectivity index (χ2n) is 5.57. The maximum Gasteiger partial charge on any atom is 0.0245 e. The monoisotopic (exact) mass is 281 g/mol. The number of likely N-dealkylation sites (tertiary alicyclic amines) is 1. The molecule has 0 aromatic heterocycles. The smallest absolute Gasteiger partial charge is 0.0245 e. The van der Waals surface area contributed by atoms with Crippen LogP contribution < -0.4 is 0 Å². The van der Waals surface area contributed by atoms with Crippen LogP contribution in [0.1, 0.15) is 32.3 Å². The molecule has 0 unspecified atom stereocenters. The molecule has 0 amide bonds. The van der Waals surface area contributed by atoms with Crippen LogP contribution in [0.2, 0.25) is 0 Å². The van der Waals surface area contributed by atoms with Crippen molar-refractivity contribution in [3.05, 3.63) is 34.3 Å². The minimum atomic E-state index is 0.486. The van der Waals surface area contributed by atoms with Gasteiger partial charge in [-0.25, -0.2) is 0 Å². The Morgan fingerprint density at radius 3 is 2.75 bits per heavy atom. The van der Waals surface area contributed by atoms with Crippen molar-refractivity contribution in [1.82, 2.24) is 4.90 Å². The first-order valence-corrected chi connectivity index (χ1v) is 6.82. The van der Waals surface area contributed by atoms with E-state index in [1.807, 2.05) is 0 Å². The van der Waals surface area contributed by atoms with E-state index in [1.165, 1.54) is 36.0 Å². The van der Waals surface area contributed by atoms with E-state index in [0.717, 1.165) is 6.54 Å². The van der Waals surface area contributed by atoms with Crippen LogP contribution in [0, 0.1) is 5.41 Å². The Kier molecular flexibility index (Phi) is 3.70. The van der Waals surface area contributed by atoms with E-state index in [2.05, 4.69) is 58.9 Å². The highest BCUT2D eigenvalue weighted by Crippen LogP contribution is 2.30. The van der Waals surface area contributed by atoms with Crippen molar-refractivity contribution in [2.45, 2.75) is 33.2 Å². The molecule has 1 aromatic rings. The molecule has 0 atom stereocenters.